The van der Waals surface area contributed by atoms with E-state index < -0.39 is 0 Å². The first-order chi connectivity index (χ1) is 13.6. The van der Waals surface area contributed by atoms with Crippen molar-refractivity contribution in [1.82, 2.24) is 15.5 Å². The lowest BCUT2D eigenvalue weighted by molar-refractivity contribution is 0.120. The molecule has 29 heavy (non-hydrogen) atoms. The van der Waals surface area contributed by atoms with E-state index in [1.807, 2.05) is 0 Å². The summed E-state index contributed by atoms with van der Waals surface area (Å²) in [5.74, 6) is 1.70. The first-order valence-corrected chi connectivity index (χ1v) is 10.2. The van der Waals surface area contributed by atoms with Crippen LogP contribution in [0.2, 0.25) is 0 Å². The van der Waals surface area contributed by atoms with Crippen LogP contribution >= 0.6 is 24.0 Å². The number of nitrogens with one attached hydrogen (secondary N) is 2. The summed E-state index contributed by atoms with van der Waals surface area (Å²) in [7, 11) is 3.53. The molecule has 1 atom stereocenters. The van der Waals surface area contributed by atoms with Crippen LogP contribution in [0.15, 0.2) is 29.3 Å². The molecule has 1 saturated heterocycles. The van der Waals surface area contributed by atoms with Gasteiger partial charge >= 0.3 is 0 Å². The summed E-state index contributed by atoms with van der Waals surface area (Å²) in [6.45, 7) is 7.66. The van der Waals surface area contributed by atoms with Crippen molar-refractivity contribution in [2.75, 3.05) is 53.5 Å². The highest BCUT2D eigenvalue weighted by molar-refractivity contribution is 14.0. The third kappa shape index (κ3) is 9.95. The second-order valence-electron chi connectivity index (χ2n) is 7.22. The van der Waals surface area contributed by atoms with Gasteiger partial charge in [-0.25, -0.2) is 4.39 Å². The minimum atomic E-state index is -0.286. The SMILES string of the molecule is CCC(CNC(=NC)NCC1CCN(CCOC)CC1)Oc1cccc(F)c1.I. The van der Waals surface area contributed by atoms with Gasteiger partial charge in [0, 0.05) is 33.3 Å². The number of rotatable bonds is 10. The number of benzene rings is 1. The van der Waals surface area contributed by atoms with Crippen LogP contribution in [0.1, 0.15) is 26.2 Å². The van der Waals surface area contributed by atoms with Gasteiger partial charge in [-0.2, -0.15) is 0 Å². The molecule has 1 fully saturated rings. The van der Waals surface area contributed by atoms with Crippen molar-refractivity contribution in [1.29, 1.82) is 0 Å². The van der Waals surface area contributed by atoms with E-state index in [-0.39, 0.29) is 35.9 Å². The maximum atomic E-state index is 13.3. The molecular weight excluding hydrogens is 486 g/mol. The van der Waals surface area contributed by atoms with Gasteiger partial charge in [0.1, 0.15) is 17.7 Å². The minimum Gasteiger partial charge on any atom is -0.489 e. The van der Waals surface area contributed by atoms with Crippen LogP contribution in [-0.2, 0) is 4.74 Å². The van der Waals surface area contributed by atoms with E-state index in [9.17, 15) is 4.39 Å². The second-order valence-corrected chi connectivity index (χ2v) is 7.22. The van der Waals surface area contributed by atoms with Crippen molar-refractivity contribution >= 4 is 29.9 Å². The van der Waals surface area contributed by atoms with E-state index in [1.165, 1.54) is 25.0 Å². The third-order valence-corrected chi connectivity index (χ3v) is 5.15. The zero-order valence-corrected chi connectivity index (χ0v) is 20.2. The van der Waals surface area contributed by atoms with Crippen molar-refractivity contribution < 1.29 is 13.9 Å². The molecule has 0 aliphatic carbocycles. The summed E-state index contributed by atoms with van der Waals surface area (Å²) < 4.78 is 24.4. The largest absolute Gasteiger partial charge is 0.489 e. The molecule has 0 saturated carbocycles. The minimum absolute atomic E-state index is 0. The maximum absolute atomic E-state index is 13.3. The lowest BCUT2D eigenvalue weighted by Gasteiger charge is -2.32. The van der Waals surface area contributed by atoms with Crippen LogP contribution in [-0.4, -0.2) is 70.5 Å². The van der Waals surface area contributed by atoms with Gasteiger partial charge in [0.2, 0.25) is 0 Å². The number of ether oxygens (including phenoxy) is 2. The fourth-order valence-corrected chi connectivity index (χ4v) is 3.31. The Bertz CT molecular complexity index is 598. The molecule has 1 aromatic rings. The van der Waals surface area contributed by atoms with Gasteiger partial charge in [-0.05, 0) is 50.4 Å². The van der Waals surface area contributed by atoms with E-state index in [1.54, 1.807) is 26.3 Å². The molecule has 0 amide bonds. The van der Waals surface area contributed by atoms with Crippen molar-refractivity contribution in [3.63, 3.8) is 0 Å². The second kappa shape index (κ2) is 14.8. The molecule has 1 unspecified atom stereocenters. The van der Waals surface area contributed by atoms with Crippen LogP contribution < -0.4 is 15.4 Å². The summed E-state index contributed by atoms with van der Waals surface area (Å²) >= 11 is 0. The summed E-state index contributed by atoms with van der Waals surface area (Å²) in [6.07, 6.45) is 3.15. The number of guanidine groups is 1. The standard InChI is InChI=1S/C21H35FN4O2.HI/c1-4-19(28-20-7-5-6-18(22)14-20)16-25-21(23-2)24-15-17-8-10-26(11-9-17)12-13-27-3;/h5-7,14,17,19H,4,8-13,15-16H2,1-3H3,(H2,23,24,25);1H. The monoisotopic (exact) mass is 522 g/mol. The first-order valence-electron chi connectivity index (χ1n) is 10.2. The number of piperidine rings is 1. The molecule has 166 valence electrons. The highest BCUT2D eigenvalue weighted by Gasteiger charge is 2.19. The summed E-state index contributed by atoms with van der Waals surface area (Å²) in [6, 6.07) is 6.26. The first kappa shape index (κ1) is 25.9. The van der Waals surface area contributed by atoms with Gasteiger partial charge in [0.25, 0.3) is 0 Å². The van der Waals surface area contributed by atoms with Crippen LogP contribution in [0.3, 0.4) is 0 Å². The van der Waals surface area contributed by atoms with Crippen molar-refractivity contribution in [3.05, 3.63) is 30.1 Å². The van der Waals surface area contributed by atoms with Gasteiger partial charge < -0.3 is 25.0 Å². The zero-order valence-electron chi connectivity index (χ0n) is 17.8. The van der Waals surface area contributed by atoms with Gasteiger partial charge in [-0.1, -0.05) is 13.0 Å². The van der Waals surface area contributed by atoms with Gasteiger partial charge in [-0.15, -0.1) is 24.0 Å². The third-order valence-electron chi connectivity index (χ3n) is 5.15. The number of methoxy groups -OCH3 is 1. The van der Waals surface area contributed by atoms with E-state index >= 15 is 0 Å². The molecule has 2 rings (SSSR count). The van der Waals surface area contributed by atoms with Gasteiger partial charge in [0.05, 0.1) is 13.2 Å². The van der Waals surface area contributed by atoms with E-state index in [2.05, 4.69) is 27.4 Å². The van der Waals surface area contributed by atoms with Crippen molar-refractivity contribution in [3.8, 4) is 5.75 Å². The molecule has 1 heterocycles. The topological polar surface area (TPSA) is 58.1 Å². The molecular formula is C21H36FIN4O2. The van der Waals surface area contributed by atoms with E-state index in [0.29, 0.717) is 18.2 Å². The molecule has 0 radical (unpaired) electrons. The summed E-state index contributed by atoms with van der Waals surface area (Å²) in [5, 5.41) is 6.75. The lowest BCUT2D eigenvalue weighted by Crippen LogP contribution is -2.45. The molecule has 0 spiro atoms. The van der Waals surface area contributed by atoms with E-state index in [4.69, 9.17) is 9.47 Å². The average molecular weight is 522 g/mol. The number of hydrogen-bond acceptors (Lipinski definition) is 4. The quantitative estimate of drug-likeness (QED) is 0.281. The lowest BCUT2D eigenvalue weighted by atomic mass is 9.97. The maximum Gasteiger partial charge on any atom is 0.191 e. The zero-order chi connectivity index (χ0) is 20.2. The number of aliphatic imine (C=N–C) groups is 1. The molecule has 0 bridgehead atoms. The molecule has 8 heteroatoms. The fraction of sp³-hybridized carbons (Fsp3) is 0.667. The molecule has 2 N–H and O–H groups in total. The molecule has 1 aliphatic rings. The van der Waals surface area contributed by atoms with E-state index in [0.717, 1.165) is 45.2 Å². The Morgan fingerprint density at radius 1 is 1.31 bits per heavy atom. The number of nitrogens with zero attached hydrogens (tertiary/aromatic N) is 2. The highest BCUT2D eigenvalue weighted by atomic mass is 127. The van der Waals surface area contributed by atoms with Crippen LogP contribution in [0, 0.1) is 11.7 Å². The normalized spacial score (nSPS) is 16.8. The Morgan fingerprint density at radius 2 is 2.07 bits per heavy atom. The number of hydrogen-bond donors (Lipinski definition) is 2. The molecule has 1 aliphatic heterocycles. The molecule has 6 nitrogen and oxygen atoms in total. The summed E-state index contributed by atoms with van der Waals surface area (Å²) in [5.41, 5.74) is 0. The van der Waals surface area contributed by atoms with Crippen LogP contribution in [0.4, 0.5) is 4.39 Å². The Balaban J connectivity index is 0.00000420. The number of halogens is 2. The Hall–Kier alpha value is -1.13. The van der Waals surface area contributed by atoms with Gasteiger partial charge in [0.15, 0.2) is 5.96 Å². The molecule has 1 aromatic carbocycles. The average Bonchev–Trinajstić information content (AvgIpc) is 2.72. The van der Waals surface area contributed by atoms with Crippen LogP contribution in [0.25, 0.3) is 0 Å². The van der Waals surface area contributed by atoms with Crippen molar-refractivity contribution in [2.45, 2.75) is 32.3 Å². The fourth-order valence-electron chi connectivity index (χ4n) is 3.31. The smallest absolute Gasteiger partial charge is 0.191 e. The number of likely N-dealkylation sites (tertiary alicyclic amines) is 1. The predicted octanol–water partition coefficient (Wildman–Crippen LogP) is 3.12. The highest BCUT2D eigenvalue weighted by Crippen LogP contribution is 2.16. The van der Waals surface area contributed by atoms with Gasteiger partial charge in [-0.3, -0.25) is 4.99 Å². The Labute approximate surface area is 191 Å². The Morgan fingerprint density at radius 3 is 2.69 bits per heavy atom. The predicted molar refractivity (Wildman–Crippen MR) is 127 cm³/mol. The Kier molecular flexibility index (Phi) is 13.2. The summed E-state index contributed by atoms with van der Waals surface area (Å²) in [4.78, 5) is 6.77. The van der Waals surface area contributed by atoms with Crippen molar-refractivity contribution in [2.24, 2.45) is 10.9 Å². The molecule has 0 aromatic heterocycles. The van der Waals surface area contributed by atoms with Crippen LogP contribution in [0.5, 0.6) is 5.75 Å².